The highest BCUT2D eigenvalue weighted by Gasteiger charge is 2.32. The number of aromatic nitrogens is 3. The molecule has 1 atom stereocenters. The molecule has 0 bridgehead atoms. The van der Waals surface area contributed by atoms with E-state index in [2.05, 4.69) is 15.4 Å². The molecule has 8 nitrogen and oxygen atoms in total. The summed E-state index contributed by atoms with van der Waals surface area (Å²) >= 11 is 6.12. The fourth-order valence-corrected chi connectivity index (χ4v) is 4.50. The van der Waals surface area contributed by atoms with Crippen molar-refractivity contribution in [3.63, 3.8) is 0 Å². The van der Waals surface area contributed by atoms with Gasteiger partial charge in [0.05, 0.1) is 35.2 Å². The maximum Gasteiger partial charge on any atom is 0.414 e. The number of halogens is 2. The van der Waals surface area contributed by atoms with Crippen LogP contribution in [-0.4, -0.2) is 38.2 Å². The van der Waals surface area contributed by atoms with Crippen LogP contribution in [-0.2, 0) is 11.3 Å². The second-order valence-corrected chi connectivity index (χ2v) is 9.56. The molecule has 0 radical (unpaired) electrons. The van der Waals surface area contributed by atoms with Crippen LogP contribution in [0.25, 0.3) is 17.3 Å². The lowest BCUT2D eigenvalue weighted by molar-refractivity contribution is -0.128. The topological polar surface area (TPSA) is 89.3 Å². The van der Waals surface area contributed by atoms with E-state index in [1.165, 1.54) is 19.1 Å². The zero-order valence-electron chi connectivity index (χ0n) is 21.3. The molecule has 2 amide bonds. The van der Waals surface area contributed by atoms with Gasteiger partial charge >= 0.3 is 6.09 Å². The Morgan fingerprint density at radius 3 is 2.49 bits per heavy atom. The third kappa shape index (κ3) is 5.83. The SMILES string of the molecule is CC(=O)N1C/C(=C\c2ccc(F)cc2)c2c(c(OC(=O)NC(C)c3ccccn3)nn2-c2ccc(Cl)cc2)C1. The molecule has 2 aromatic carbocycles. The molecule has 5 rings (SSSR count). The van der Waals surface area contributed by atoms with Crippen molar-refractivity contribution in [1.82, 2.24) is 25.0 Å². The van der Waals surface area contributed by atoms with Gasteiger partial charge in [0.2, 0.25) is 11.8 Å². The molecule has 0 fully saturated rings. The highest BCUT2D eigenvalue weighted by Crippen LogP contribution is 2.37. The fourth-order valence-electron chi connectivity index (χ4n) is 4.38. The lowest BCUT2D eigenvalue weighted by Crippen LogP contribution is -2.34. The van der Waals surface area contributed by atoms with Crippen LogP contribution in [0.2, 0.25) is 5.02 Å². The van der Waals surface area contributed by atoms with Gasteiger partial charge < -0.3 is 15.0 Å². The first kappa shape index (κ1) is 26.1. The van der Waals surface area contributed by atoms with Crippen molar-refractivity contribution in [3.05, 3.63) is 106 Å². The third-order valence-corrected chi connectivity index (χ3v) is 6.60. The van der Waals surface area contributed by atoms with Gasteiger partial charge in [0.15, 0.2) is 0 Å². The summed E-state index contributed by atoms with van der Waals surface area (Å²) in [5, 5.41) is 7.98. The Kier molecular flexibility index (Phi) is 7.42. The second kappa shape index (κ2) is 11.1. The Hall–Kier alpha value is -4.50. The van der Waals surface area contributed by atoms with E-state index >= 15 is 0 Å². The van der Waals surface area contributed by atoms with Gasteiger partial charge in [0.25, 0.3) is 0 Å². The van der Waals surface area contributed by atoms with Crippen molar-refractivity contribution in [2.75, 3.05) is 6.54 Å². The fraction of sp³-hybridized carbons (Fsp3) is 0.172. The first-order chi connectivity index (χ1) is 18.8. The maximum atomic E-state index is 13.6. The molecule has 1 unspecified atom stereocenters. The third-order valence-electron chi connectivity index (χ3n) is 6.34. The lowest BCUT2D eigenvalue weighted by atomic mass is 9.99. The highest BCUT2D eigenvalue weighted by atomic mass is 35.5. The van der Waals surface area contributed by atoms with E-state index in [-0.39, 0.29) is 24.1 Å². The smallest absolute Gasteiger partial charge is 0.389 e. The molecule has 1 N–H and O–H groups in total. The lowest BCUT2D eigenvalue weighted by Gasteiger charge is -2.29. The molecular formula is C29H25ClFN5O3. The van der Waals surface area contributed by atoms with E-state index in [1.54, 1.807) is 71.2 Å². The van der Waals surface area contributed by atoms with Crippen LogP contribution < -0.4 is 10.1 Å². The van der Waals surface area contributed by atoms with Crippen LogP contribution in [0.4, 0.5) is 9.18 Å². The molecule has 0 saturated heterocycles. The number of carbonyl (C=O) groups is 2. The number of rotatable bonds is 5. The van der Waals surface area contributed by atoms with Crippen molar-refractivity contribution in [1.29, 1.82) is 0 Å². The molecule has 39 heavy (non-hydrogen) atoms. The summed E-state index contributed by atoms with van der Waals surface area (Å²) in [5.41, 5.74) is 4.11. The summed E-state index contributed by atoms with van der Waals surface area (Å²) in [6, 6.07) is 18.2. The van der Waals surface area contributed by atoms with Gasteiger partial charge in [-0.2, -0.15) is 0 Å². The zero-order chi connectivity index (χ0) is 27.5. The molecule has 1 aliphatic heterocycles. The molecule has 0 saturated carbocycles. The Balaban J connectivity index is 1.57. The van der Waals surface area contributed by atoms with E-state index in [0.29, 0.717) is 34.2 Å². The van der Waals surface area contributed by atoms with Crippen LogP contribution in [0.5, 0.6) is 5.88 Å². The minimum absolute atomic E-state index is 0.0710. The van der Waals surface area contributed by atoms with E-state index in [0.717, 1.165) is 11.1 Å². The molecule has 10 heteroatoms. The normalized spacial score (nSPS) is 14.6. The van der Waals surface area contributed by atoms with Crippen molar-refractivity contribution in [2.24, 2.45) is 0 Å². The van der Waals surface area contributed by atoms with Crippen molar-refractivity contribution >= 4 is 35.3 Å². The Labute approximate surface area is 229 Å². The van der Waals surface area contributed by atoms with Crippen LogP contribution in [0.1, 0.15) is 42.4 Å². The van der Waals surface area contributed by atoms with Crippen LogP contribution in [0, 0.1) is 5.82 Å². The van der Waals surface area contributed by atoms with Gasteiger partial charge in [0.1, 0.15) is 5.82 Å². The number of nitrogens with zero attached hydrogens (tertiary/aromatic N) is 4. The van der Waals surface area contributed by atoms with Crippen molar-refractivity contribution in [2.45, 2.75) is 26.4 Å². The van der Waals surface area contributed by atoms with E-state index in [9.17, 15) is 14.0 Å². The van der Waals surface area contributed by atoms with E-state index in [1.807, 2.05) is 12.1 Å². The predicted octanol–water partition coefficient (Wildman–Crippen LogP) is 5.81. The van der Waals surface area contributed by atoms with Gasteiger partial charge in [0, 0.05) is 24.7 Å². The first-order valence-electron chi connectivity index (χ1n) is 12.3. The predicted molar refractivity (Wildman–Crippen MR) is 146 cm³/mol. The number of hydrogen-bond acceptors (Lipinski definition) is 5. The molecule has 198 valence electrons. The molecule has 3 heterocycles. The van der Waals surface area contributed by atoms with Gasteiger partial charge in [-0.15, -0.1) is 5.10 Å². The summed E-state index contributed by atoms with van der Waals surface area (Å²) in [4.78, 5) is 31.3. The van der Waals surface area contributed by atoms with Crippen molar-refractivity contribution in [3.8, 4) is 11.6 Å². The quantitative estimate of drug-likeness (QED) is 0.342. The highest BCUT2D eigenvalue weighted by molar-refractivity contribution is 6.30. The van der Waals surface area contributed by atoms with Crippen LogP contribution >= 0.6 is 11.6 Å². The summed E-state index contributed by atoms with van der Waals surface area (Å²) in [6.07, 6.45) is 2.81. The van der Waals surface area contributed by atoms with Gasteiger partial charge in [-0.25, -0.2) is 13.9 Å². The Morgan fingerprint density at radius 2 is 1.82 bits per heavy atom. The number of fused-ring (bicyclic) bond motifs is 1. The molecular weight excluding hydrogens is 521 g/mol. The number of nitrogens with one attached hydrogen (secondary N) is 1. The number of ether oxygens (including phenoxy) is 1. The largest absolute Gasteiger partial charge is 0.414 e. The van der Waals surface area contributed by atoms with Gasteiger partial charge in [-0.1, -0.05) is 29.8 Å². The average Bonchev–Trinajstić information content (AvgIpc) is 3.29. The first-order valence-corrected chi connectivity index (χ1v) is 12.7. The number of carbonyl (C=O) groups excluding carboxylic acids is 2. The summed E-state index contributed by atoms with van der Waals surface area (Å²) < 4.78 is 20.9. The molecule has 2 aromatic heterocycles. The van der Waals surface area contributed by atoms with Crippen LogP contribution in [0.15, 0.2) is 72.9 Å². The minimum Gasteiger partial charge on any atom is -0.389 e. The van der Waals surface area contributed by atoms with Gasteiger partial charge in [-0.05, 0) is 72.7 Å². The standard InChI is InChI=1S/C29H25ClFN5O3/c1-18(26-5-3-4-14-32-26)33-29(38)39-28-25-17-35(19(2)37)16-21(15-20-6-10-23(31)11-7-20)27(25)36(34-28)24-12-8-22(30)9-13-24/h3-15,18H,16-17H2,1-2H3,(H,33,38)/b21-15+. The molecule has 0 aliphatic carbocycles. The Bertz CT molecular complexity index is 1540. The Morgan fingerprint density at radius 1 is 1.08 bits per heavy atom. The monoisotopic (exact) mass is 545 g/mol. The van der Waals surface area contributed by atoms with E-state index in [4.69, 9.17) is 16.3 Å². The van der Waals surface area contributed by atoms with Gasteiger partial charge in [-0.3, -0.25) is 9.78 Å². The van der Waals surface area contributed by atoms with Crippen LogP contribution in [0.3, 0.4) is 0 Å². The number of pyridine rings is 1. The molecule has 0 spiro atoms. The number of benzene rings is 2. The maximum absolute atomic E-state index is 13.6. The van der Waals surface area contributed by atoms with E-state index < -0.39 is 12.1 Å². The average molecular weight is 546 g/mol. The number of hydrogen-bond donors (Lipinski definition) is 1. The molecule has 4 aromatic rings. The van der Waals surface area contributed by atoms with Crippen molar-refractivity contribution < 1.29 is 18.7 Å². The molecule has 1 aliphatic rings. The summed E-state index contributed by atoms with van der Waals surface area (Å²) in [7, 11) is 0. The summed E-state index contributed by atoms with van der Waals surface area (Å²) in [6.45, 7) is 3.76. The summed E-state index contributed by atoms with van der Waals surface area (Å²) in [5.74, 6) is -0.426. The number of amides is 2. The second-order valence-electron chi connectivity index (χ2n) is 9.13. The minimum atomic E-state index is -0.708. The zero-order valence-corrected chi connectivity index (χ0v) is 22.0.